The molecule has 0 heterocycles. The molecule has 0 N–H and O–H groups in total. The third-order valence-corrected chi connectivity index (χ3v) is 0.772. The van der Waals surface area contributed by atoms with Gasteiger partial charge in [0.1, 0.15) is 6.61 Å². The van der Waals surface area contributed by atoms with Gasteiger partial charge in [0, 0.05) is 0 Å². The second-order valence-electron chi connectivity index (χ2n) is 1.67. The average Bonchev–Trinajstić information content (AvgIpc) is 1.85. The Morgan fingerprint density at radius 3 is 2.36 bits per heavy atom. The summed E-state index contributed by atoms with van der Waals surface area (Å²) < 4.78 is 42.1. The Kier molecular flexibility index (Phi) is 3.70. The lowest BCUT2D eigenvalue weighted by Gasteiger charge is -2.05. The molecule has 11 heavy (non-hydrogen) atoms. The summed E-state index contributed by atoms with van der Waals surface area (Å²) >= 11 is 0. The van der Waals surface area contributed by atoms with E-state index in [0.29, 0.717) is 0 Å². The molecule has 0 radical (unpaired) electrons. The van der Waals surface area contributed by atoms with E-state index in [9.17, 15) is 18.0 Å². The van der Waals surface area contributed by atoms with Crippen molar-refractivity contribution in [1.82, 2.24) is 0 Å². The summed E-state index contributed by atoms with van der Waals surface area (Å²) in [5.41, 5.74) is 0. The highest BCUT2D eigenvalue weighted by atomic mass is 19.4. The van der Waals surface area contributed by atoms with E-state index < -0.39 is 25.4 Å². The van der Waals surface area contributed by atoms with Crippen LogP contribution in [0.3, 0.4) is 0 Å². The molecular weight excluding hydrogens is 165 g/mol. The highest BCUT2D eigenvalue weighted by Gasteiger charge is 2.27. The first-order valence-electron chi connectivity index (χ1n) is 2.73. The molecule has 0 fully saturated rings. The molecule has 0 bridgehead atoms. The molecule has 0 aromatic heterocycles. The maximum Gasteiger partial charge on any atom is 0.507 e. The lowest BCUT2D eigenvalue weighted by Crippen LogP contribution is -2.14. The van der Waals surface area contributed by atoms with Gasteiger partial charge in [-0.1, -0.05) is 0 Å². The van der Waals surface area contributed by atoms with Crippen molar-refractivity contribution in [3.05, 3.63) is 0 Å². The predicted molar refractivity (Wildman–Crippen MR) is 29.0 cm³/mol. The highest BCUT2D eigenvalue weighted by molar-refractivity contribution is 5.59. The molecule has 0 saturated heterocycles. The monoisotopic (exact) mass is 172 g/mol. The van der Waals surface area contributed by atoms with Crippen LogP contribution in [0.5, 0.6) is 0 Å². The minimum atomic E-state index is -4.30. The predicted octanol–water partition coefficient (Wildman–Crippen LogP) is 1.72. The van der Waals surface area contributed by atoms with Crippen LogP contribution in [0.4, 0.5) is 18.0 Å². The number of hydrogen-bond acceptors (Lipinski definition) is 3. The van der Waals surface area contributed by atoms with Gasteiger partial charge in [-0.25, -0.2) is 4.79 Å². The van der Waals surface area contributed by atoms with E-state index in [1.165, 1.54) is 0 Å². The molecule has 0 aliphatic rings. The number of ether oxygens (including phenoxy) is 2. The average molecular weight is 172 g/mol. The van der Waals surface area contributed by atoms with E-state index in [4.69, 9.17) is 0 Å². The van der Waals surface area contributed by atoms with E-state index in [1.807, 2.05) is 0 Å². The van der Waals surface area contributed by atoms with Crippen molar-refractivity contribution in [2.45, 2.75) is 12.6 Å². The second-order valence-corrected chi connectivity index (χ2v) is 1.67. The Morgan fingerprint density at radius 2 is 2.00 bits per heavy atom. The van der Waals surface area contributed by atoms with Crippen LogP contribution in [0.15, 0.2) is 0 Å². The third kappa shape index (κ3) is 6.95. The Labute approximate surface area is 61.1 Å². The summed E-state index contributed by atoms with van der Waals surface area (Å²) in [6, 6.07) is 0. The maximum atomic E-state index is 11.4. The lowest BCUT2D eigenvalue weighted by molar-refractivity contribution is -0.142. The van der Waals surface area contributed by atoms with Crippen molar-refractivity contribution in [1.29, 1.82) is 0 Å². The summed E-state index contributed by atoms with van der Waals surface area (Å²) in [4.78, 5) is 10.1. The molecule has 0 aliphatic carbocycles. The van der Waals surface area contributed by atoms with Crippen LogP contribution < -0.4 is 0 Å². The van der Waals surface area contributed by atoms with Crippen LogP contribution in [0.25, 0.3) is 0 Å². The van der Waals surface area contributed by atoms with Gasteiger partial charge in [-0.15, -0.1) is 0 Å². The van der Waals surface area contributed by atoms with Gasteiger partial charge in [-0.3, -0.25) is 0 Å². The zero-order valence-corrected chi connectivity index (χ0v) is 5.77. The van der Waals surface area contributed by atoms with Crippen LogP contribution >= 0.6 is 0 Å². The van der Waals surface area contributed by atoms with Gasteiger partial charge in [-0.2, -0.15) is 13.2 Å². The van der Waals surface area contributed by atoms with Gasteiger partial charge in [0.25, 0.3) is 0 Å². The molecule has 0 atom stereocenters. The number of rotatable bonds is 2. The number of hydrogen-bond donors (Lipinski definition) is 0. The standard InChI is InChI=1S/C5H7F3O3/c1-10-4(9)11-3-2-5(6,7)8/h2-3H2,1H3. The molecule has 0 unspecified atom stereocenters. The fourth-order valence-electron chi connectivity index (χ4n) is 0.309. The van der Waals surface area contributed by atoms with Crippen molar-refractivity contribution in [3.63, 3.8) is 0 Å². The van der Waals surface area contributed by atoms with Gasteiger partial charge >= 0.3 is 12.3 Å². The fourth-order valence-corrected chi connectivity index (χ4v) is 0.309. The smallest absolute Gasteiger partial charge is 0.438 e. The number of halogens is 3. The number of methoxy groups -OCH3 is 1. The van der Waals surface area contributed by atoms with E-state index in [-0.39, 0.29) is 0 Å². The first-order chi connectivity index (χ1) is 4.95. The number of alkyl halides is 3. The SMILES string of the molecule is COC(=O)OCCC(F)(F)F. The Balaban J connectivity index is 3.35. The fraction of sp³-hybridized carbons (Fsp3) is 0.800. The molecule has 0 aliphatic heterocycles. The Morgan fingerprint density at radius 1 is 1.45 bits per heavy atom. The zero-order valence-electron chi connectivity index (χ0n) is 5.77. The molecular formula is C5H7F3O3. The molecule has 0 aromatic carbocycles. The van der Waals surface area contributed by atoms with Gasteiger partial charge in [0.15, 0.2) is 0 Å². The largest absolute Gasteiger partial charge is 0.507 e. The molecule has 3 nitrogen and oxygen atoms in total. The van der Waals surface area contributed by atoms with Gasteiger partial charge in [-0.05, 0) is 0 Å². The van der Waals surface area contributed by atoms with Gasteiger partial charge in [0.2, 0.25) is 0 Å². The van der Waals surface area contributed by atoms with Crippen LogP contribution in [0, 0.1) is 0 Å². The molecule has 66 valence electrons. The van der Waals surface area contributed by atoms with Crippen LogP contribution in [-0.4, -0.2) is 26.0 Å². The van der Waals surface area contributed by atoms with Crippen molar-refractivity contribution >= 4 is 6.16 Å². The van der Waals surface area contributed by atoms with E-state index in [0.717, 1.165) is 7.11 Å². The Bertz CT molecular complexity index is 131. The first kappa shape index (κ1) is 10.1. The van der Waals surface area contributed by atoms with Crippen LogP contribution in [0.1, 0.15) is 6.42 Å². The summed E-state index contributed by atoms with van der Waals surface area (Å²) in [5.74, 6) is 0. The topological polar surface area (TPSA) is 35.5 Å². The normalized spacial score (nSPS) is 10.9. The maximum absolute atomic E-state index is 11.4. The first-order valence-corrected chi connectivity index (χ1v) is 2.73. The Hall–Kier alpha value is -0.940. The molecule has 0 rings (SSSR count). The van der Waals surface area contributed by atoms with Gasteiger partial charge < -0.3 is 9.47 Å². The van der Waals surface area contributed by atoms with E-state index in [1.54, 1.807) is 0 Å². The zero-order chi connectivity index (χ0) is 8.91. The lowest BCUT2D eigenvalue weighted by atomic mass is 10.4. The van der Waals surface area contributed by atoms with Crippen LogP contribution in [-0.2, 0) is 9.47 Å². The van der Waals surface area contributed by atoms with Gasteiger partial charge in [0.05, 0.1) is 13.5 Å². The molecule has 0 amide bonds. The third-order valence-electron chi connectivity index (χ3n) is 0.772. The summed E-state index contributed by atoms with van der Waals surface area (Å²) in [7, 11) is 1.02. The number of carbonyl (C=O) groups is 1. The molecule has 0 spiro atoms. The molecule has 0 saturated carbocycles. The summed E-state index contributed by atoms with van der Waals surface area (Å²) in [6.45, 7) is -0.698. The quantitative estimate of drug-likeness (QED) is 0.595. The minimum absolute atomic E-state index is 0.698. The van der Waals surface area contributed by atoms with Crippen molar-refractivity contribution < 1.29 is 27.4 Å². The molecule has 6 heteroatoms. The number of carbonyl (C=O) groups excluding carboxylic acids is 1. The summed E-state index contributed by atoms with van der Waals surface area (Å²) in [6.07, 6.45) is -6.55. The second kappa shape index (κ2) is 4.05. The molecule has 0 aromatic rings. The van der Waals surface area contributed by atoms with Crippen molar-refractivity contribution in [2.75, 3.05) is 13.7 Å². The van der Waals surface area contributed by atoms with E-state index >= 15 is 0 Å². The van der Waals surface area contributed by atoms with Crippen molar-refractivity contribution in [2.24, 2.45) is 0 Å². The van der Waals surface area contributed by atoms with Crippen LogP contribution in [0.2, 0.25) is 0 Å². The highest BCUT2D eigenvalue weighted by Crippen LogP contribution is 2.18. The van der Waals surface area contributed by atoms with Crippen molar-refractivity contribution in [3.8, 4) is 0 Å². The van der Waals surface area contributed by atoms with E-state index in [2.05, 4.69) is 9.47 Å². The summed E-state index contributed by atoms with van der Waals surface area (Å²) in [5, 5.41) is 0. The minimum Gasteiger partial charge on any atom is -0.438 e.